The number of carbonyl (C=O) groups is 1. The van der Waals surface area contributed by atoms with Crippen molar-refractivity contribution in [2.45, 2.75) is 32.4 Å². The van der Waals surface area contributed by atoms with Crippen molar-refractivity contribution in [2.24, 2.45) is 11.8 Å². The van der Waals surface area contributed by atoms with Crippen LogP contribution in [-0.4, -0.2) is 54.0 Å². The molecule has 0 radical (unpaired) electrons. The van der Waals surface area contributed by atoms with Crippen LogP contribution >= 0.6 is 0 Å². The number of aliphatic hydroxyl groups excluding tert-OH is 1. The third kappa shape index (κ3) is 2.55. The van der Waals surface area contributed by atoms with E-state index in [1.165, 1.54) is 0 Å². The van der Waals surface area contributed by atoms with Crippen molar-refractivity contribution in [1.82, 2.24) is 10.2 Å². The minimum atomic E-state index is -0.479. The van der Waals surface area contributed by atoms with Gasteiger partial charge in [-0.05, 0) is 32.6 Å². The number of rotatable bonds is 1. The fourth-order valence-corrected chi connectivity index (χ4v) is 2.79. The molecule has 2 heterocycles. The molecule has 5 heteroatoms. The predicted octanol–water partition coefficient (Wildman–Crippen LogP) is 0.434. The summed E-state index contributed by atoms with van der Waals surface area (Å²) in [6.45, 7) is 8.10. The molecular weight excluding hydrogens is 220 g/mol. The summed E-state index contributed by atoms with van der Waals surface area (Å²) >= 11 is 0. The Balaban J connectivity index is 2.03. The predicted molar refractivity (Wildman–Crippen MR) is 63.7 cm³/mol. The van der Waals surface area contributed by atoms with Crippen LogP contribution in [0.2, 0.25) is 0 Å². The summed E-state index contributed by atoms with van der Waals surface area (Å²) in [5.74, 6) is 0.826. The van der Waals surface area contributed by atoms with Crippen molar-refractivity contribution < 1.29 is 14.6 Å². The smallest absolute Gasteiger partial charge is 0.410 e. The molecule has 0 aliphatic carbocycles. The van der Waals surface area contributed by atoms with Crippen molar-refractivity contribution in [1.29, 1.82) is 0 Å². The molecule has 1 amide bonds. The largest absolute Gasteiger partial charge is 0.444 e. The Hall–Kier alpha value is -0.810. The first kappa shape index (κ1) is 12.6. The zero-order valence-corrected chi connectivity index (χ0v) is 10.8. The van der Waals surface area contributed by atoms with Crippen LogP contribution in [0.25, 0.3) is 0 Å². The van der Waals surface area contributed by atoms with Crippen LogP contribution in [0.5, 0.6) is 0 Å². The lowest BCUT2D eigenvalue weighted by molar-refractivity contribution is 0.0144. The van der Waals surface area contributed by atoms with Gasteiger partial charge in [0.1, 0.15) is 5.60 Å². The van der Waals surface area contributed by atoms with Crippen molar-refractivity contribution in [3.05, 3.63) is 0 Å². The standard InChI is InChI=1S/C12H22N2O3/c1-12(2,3)17-11(16)14-6-8-4-13-5-9(8)10(14)7-15/h8-10,13,15H,4-7H2,1-3H3. The SMILES string of the molecule is CC(C)(C)OC(=O)N1CC2CNCC2C1CO. The zero-order chi connectivity index (χ0) is 12.6. The highest BCUT2D eigenvalue weighted by atomic mass is 16.6. The lowest BCUT2D eigenvalue weighted by Gasteiger charge is -2.29. The van der Waals surface area contributed by atoms with E-state index in [-0.39, 0.29) is 18.7 Å². The van der Waals surface area contributed by atoms with E-state index in [4.69, 9.17) is 4.74 Å². The summed E-state index contributed by atoms with van der Waals surface area (Å²) in [6, 6.07) is -0.0927. The lowest BCUT2D eigenvalue weighted by atomic mass is 9.95. The molecule has 0 bridgehead atoms. The molecule has 0 aromatic rings. The van der Waals surface area contributed by atoms with Crippen molar-refractivity contribution >= 4 is 6.09 Å². The number of likely N-dealkylation sites (tertiary alicyclic amines) is 1. The van der Waals surface area contributed by atoms with Crippen molar-refractivity contribution in [2.75, 3.05) is 26.2 Å². The highest BCUT2D eigenvalue weighted by molar-refractivity contribution is 5.69. The fraction of sp³-hybridized carbons (Fsp3) is 0.917. The van der Waals surface area contributed by atoms with Gasteiger partial charge in [0.05, 0.1) is 12.6 Å². The quantitative estimate of drug-likeness (QED) is 0.700. The molecule has 2 saturated heterocycles. The van der Waals surface area contributed by atoms with E-state index in [1.807, 2.05) is 20.8 Å². The van der Waals surface area contributed by atoms with Gasteiger partial charge in [-0.2, -0.15) is 0 Å². The summed E-state index contributed by atoms with van der Waals surface area (Å²) in [5.41, 5.74) is -0.479. The van der Waals surface area contributed by atoms with Gasteiger partial charge in [0.25, 0.3) is 0 Å². The van der Waals surface area contributed by atoms with E-state index >= 15 is 0 Å². The Kier molecular flexibility index (Phi) is 3.32. The number of hydrogen-bond acceptors (Lipinski definition) is 4. The molecule has 0 aromatic heterocycles. The van der Waals surface area contributed by atoms with E-state index in [9.17, 15) is 9.90 Å². The molecule has 2 rings (SSSR count). The summed E-state index contributed by atoms with van der Waals surface area (Å²) in [6.07, 6.45) is -0.300. The zero-order valence-electron chi connectivity index (χ0n) is 10.8. The topological polar surface area (TPSA) is 61.8 Å². The van der Waals surface area contributed by atoms with Crippen LogP contribution in [-0.2, 0) is 4.74 Å². The van der Waals surface area contributed by atoms with Gasteiger partial charge in [-0.25, -0.2) is 4.79 Å². The molecule has 2 aliphatic rings. The normalized spacial score (nSPS) is 32.7. The molecule has 0 saturated carbocycles. The third-order valence-electron chi connectivity index (χ3n) is 3.53. The average Bonchev–Trinajstić information content (AvgIpc) is 2.72. The number of ether oxygens (including phenoxy) is 1. The second-order valence-electron chi connectivity index (χ2n) is 5.96. The molecule has 98 valence electrons. The Morgan fingerprint density at radius 2 is 2.18 bits per heavy atom. The van der Waals surface area contributed by atoms with E-state index < -0.39 is 5.60 Å². The highest BCUT2D eigenvalue weighted by Gasteiger charge is 2.46. The van der Waals surface area contributed by atoms with Crippen LogP contribution in [0.4, 0.5) is 4.79 Å². The minimum Gasteiger partial charge on any atom is -0.444 e. The molecule has 3 unspecified atom stereocenters. The van der Waals surface area contributed by atoms with Gasteiger partial charge >= 0.3 is 6.09 Å². The molecule has 5 nitrogen and oxygen atoms in total. The Morgan fingerprint density at radius 3 is 2.76 bits per heavy atom. The lowest BCUT2D eigenvalue weighted by Crippen LogP contribution is -2.44. The molecule has 2 aliphatic heterocycles. The number of hydrogen-bond donors (Lipinski definition) is 2. The van der Waals surface area contributed by atoms with Crippen LogP contribution in [0.3, 0.4) is 0 Å². The number of carbonyl (C=O) groups excluding carboxylic acids is 1. The molecular formula is C12H22N2O3. The van der Waals surface area contributed by atoms with Gasteiger partial charge in [0.15, 0.2) is 0 Å². The summed E-state index contributed by atoms with van der Waals surface area (Å²) in [7, 11) is 0. The number of fused-ring (bicyclic) bond motifs is 1. The van der Waals surface area contributed by atoms with Crippen LogP contribution < -0.4 is 5.32 Å². The molecule has 17 heavy (non-hydrogen) atoms. The molecule has 2 fully saturated rings. The maximum atomic E-state index is 12.0. The van der Waals surface area contributed by atoms with E-state index in [0.29, 0.717) is 18.4 Å². The first-order valence-corrected chi connectivity index (χ1v) is 6.23. The maximum Gasteiger partial charge on any atom is 0.410 e. The Labute approximate surface area is 102 Å². The van der Waals surface area contributed by atoms with Gasteiger partial charge in [0, 0.05) is 19.6 Å². The second kappa shape index (κ2) is 4.46. The monoisotopic (exact) mass is 242 g/mol. The molecule has 0 aromatic carbocycles. The highest BCUT2D eigenvalue weighted by Crippen LogP contribution is 2.33. The molecule has 0 spiro atoms. The first-order valence-electron chi connectivity index (χ1n) is 6.23. The Bertz CT molecular complexity index is 301. The van der Waals surface area contributed by atoms with Gasteiger partial charge in [-0.1, -0.05) is 0 Å². The summed E-state index contributed by atoms with van der Waals surface area (Å²) in [4.78, 5) is 13.7. The summed E-state index contributed by atoms with van der Waals surface area (Å²) < 4.78 is 5.37. The van der Waals surface area contributed by atoms with Crippen LogP contribution in [0.15, 0.2) is 0 Å². The van der Waals surface area contributed by atoms with E-state index in [2.05, 4.69) is 5.32 Å². The van der Waals surface area contributed by atoms with Crippen LogP contribution in [0.1, 0.15) is 20.8 Å². The fourth-order valence-electron chi connectivity index (χ4n) is 2.79. The van der Waals surface area contributed by atoms with Crippen molar-refractivity contribution in [3.63, 3.8) is 0 Å². The van der Waals surface area contributed by atoms with E-state index in [0.717, 1.165) is 13.1 Å². The maximum absolute atomic E-state index is 12.0. The number of nitrogens with one attached hydrogen (secondary N) is 1. The summed E-state index contributed by atoms with van der Waals surface area (Å²) in [5, 5.41) is 12.8. The third-order valence-corrected chi connectivity index (χ3v) is 3.53. The van der Waals surface area contributed by atoms with Gasteiger partial charge in [-0.3, -0.25) is 0 Å². The average molecular weight is 242 g/mol. The second-order valence-corrected chi connectivity index (χ2v) is 5.96. The van der Waals surface area contributed by atoms with Gasteiger partial charge in [-0.15, -0.1) is 0 Å². The molecule has 2 N–H and O–H groups in total. The van der Waals surface area contributed by atoms with E-state index in [1.54, 1.807) is 4.90 Å². The first-order chi connectivity index (χ1) is 7.92. The molecule has 3 atom stereocenters. The number of amides is 1. The number of aliphatic hydroxyl groups is 1. The Morgan fingerprint density at radius 1 is 1.47 bits per heavy atom. The van der Waals surface area contributed by atoms with Crippen molar-refractivity contribution in [3.8, 4) is 0 Å². The van der Waals surface area contributed by atoms with Gasteiger partial charge < -0.3 is 20.1 Å². The number of nitrogens with zero attached hydrogens (tertiary/aromatic N) is 1. The van der Waals surface area contributed by atoms with Crippen LogP contribution in [0, 0.1) is 11.8 Å². The van der Waals surface area contributed by atoms with Gasteiger partial charge in [0.2, 0.25) is 0 Å². The minimum absolute atomic E-state index is 0.0160.